The van der Waals surface area contributed by atoms with E-state index in [-0.39, 0.29) is 103 Å². The molecular formula is C95H175N5O9. The number of carbonyl (C=O) groups excluding carboxylic acids is 9. The zero-order valence-electron chi connectivity index (χ0n) is 72.7. The summed E-state index contributed by atoms with van der Waals surface area (Å²) in [6, 6.07) is -0.407. The van der Waals surface area contributed by atoms with Crippen molar-refractivity contribution in [2.75, 3.05) is 32.7 Å². The van der Waals surface area contributed by atoms with Gasteiger partial charge in [-0.05, 0) is 133 Å². The van der Waals surface area contributed by atoms with Crippen LogP contribution in [0, 0.1) is 17.3 Å². The summed E-state index contributed by atoms with van der Waals surface area (Å²) in [5.74, 6) is 2.64. The van der Waals surface area contributed by atoms with Gasteiger partial charge in [0.15, 0.2) is 17.3 Å². The Morgan fingerprint density at radius 3 is 0.917 bits per heavy atom. The maximum Gasteiger partial charge on any atom is 0.220 e. The van der Waals surface area contributed by atoms with E-state index in [0.717, 1.165) is 184 Å². The molecule has 4 aliphatic rings. The number of nitrogens with zero attached hydrogens (tertiary/aromatic N) is 3. The van der Waals surface area contributed by atoms with Crippen molar-refractivity contribution in [3.8, 4) is 0 Å². The molecule has 0 aromatic carbocycles. The summed E-state index contributed by atoms with van der Waals surface area (Å²) in [7, 11) is 0. The van der Waals surface area contributed by atoms with E-state index in [2.05, 4.69) is 100 Å². The molecule has 109 heavy (non-hydrogen) atoms. The van der Waals surface area contributed by atoms with Gasteiger partial charge in [0.1, 0.15) is 23.1 Å². The Kier molecular flexibility index (Phi) is 68.2. The second-order valence-corrected chi connectivity index (χ2v) is 33.3. The van der Waals surface area contributed by atoms with Gasteiger partial charge >= 0.3 is 0 Å². The molecule has 0 aromatic heterocycles. The number of rotatable bonds is 60. The molecule has 4 atom stereocenters. The van der Waals surface area contributed by atoms with Crippen LogP contribution in [0.15, 0.2) is 36.8 Å². The number of nitrogens with one attached hydrogen (secondary N) is 2. The normalized spacial score (nSPS) is 15.5. The molecule has 4 rings (SSSR count). The van der Waals surface area contributed by atoms with E-state index < -0.39 is 0 Å². The third-order valence-corrected chi connectivity index (χ3v) is 22.7. The fourth-order valence-electron chi connectivity index (χ4n) is 16.1. The summed E-state index contributed by atoms with van der Waals surface area (Å²) in [6.07, 6.45) is 58.0. The molecule has 0 aromatic rings. The van der Waals surface area contributed by atoms with Crippen LogP contribution in [0.25, 0.3) is 0 Å². The Balaban J connectivity index is 0. The highest BCUT2D eigenvalue weighted by molar-refractivity contribution is 6.03. The molecule has 0 unspecified atom stereocenters. The minimum absolute atomic E-state index is 0. The number of ketones is 7. The molecule has 2 N–H and O–H groups in total. The first-order valence-corrected chi connectivity index (χ1v) is 45.5. The van der Waals surface area contributed by atoms with E-state index in [0.29, 0.717) is 51.0 Å². The van der Waals surface area contributed by atoms with Crippen LogP contribution in [0.2, 0.25) is 0 Å². The molecule has 14 heteroatoms. The monoisotopic (exact) mass is 1530 g/mol. The van der Waals surface area contributed by atoms with Gasteiger partial charge in [0.2, 0.25) is 11.8 Å². The highest BCUT2D eigenvalue weighted by atomic mass is 16.2. The van der Waals surface area contributed by atoms with Gasteiger partial charge in [-0.1, -0.05) is 296 Å². The van der Waals surface area contributed by atoms with E-state index in [1.165, 1.54) is 167 Å². The first-order chi connectivity index (χ1) is 52.0. The highest BCUT2D eigenvalue weighted by Gasteiger charge is 2.35. The molecular weight excluding hydrogens is 1360 g/mol. The third kappa shape index (κ3) is 53.8. The standard InChI is InChI=1S/C20H35NO2.C19H33NO2.C19H35NO2.C18H31NO2.C18H37NO.CH4/c1-4-6-7-8-9-10-11-14-18(22)16-20(23)19(5-2)21-15-12-13-17(21)3;1-4-6-7-8-9-10-13-17(21)15-19(22)18(5-2)20-14-11-12-16(20)3;1-3-4-5-6-7-9-12-18(22)20-16-19(15-17(2)21)13-10-8-11-14-19;1-4-6-7-8-9-12-16(20)14-18(21)17(5-2)19-13-10-11-15(19)3;1-5-7-8-9-10-11-12-13-18(20)19-15-17(6-2)14-16(3)4;/h19H,3-16H2,1-2H3;18H,3-15H2,1-2H3;3-16H2,1-2H3,(H,20,22);17H,3-14H2,1-2H3;16-17H,5-15H2,1-4H3,(H,19,20);1H4/t19-;18-;;2*17-;/m00.01./s1. The predicted octanol–water partition coefficient (Wildman–Crippen LogP) is 24.7. The largest absolute Gasteiger partial charge is 0.365 e. The van der Waals surface area contributed by atoms with Gasteiger partial charge in [-0.3, -0.25) is 38.4 Å². The second kappa shape index (κ2) is 69.9. The number of hydrogen-bond acceptors (Lipinski definition) is 12. The first kappa shape index (κ1) is 106. The van der Waals surface area contributed by atoms with Crippen LogP contribution in [0.1, 0.15) is 450 Å². The van der Waals surface area contributed by atoms with Crippen molar-refractivity contribution >= 4 is 52.3 Å². The Labute approximate surface area is 672 Å². The molecule has 14 nitrogen and oxygen atoms in total. The Hall–Kier alpha value is -4.75. The number of unbranched alkanes of at least 4 members (excludes halogenated alkanes) is 26. The van der Waals surface area contributed by atoms with Gasteiger partial charge < -0.3 is 30.1 Å². The molecule has 1 saturated carbocycles. The molecule has 634 valence electrons. The van der Waals surface area contributed by atoms with Crippen molar-refractivity contribution in [1.29, 1.82) is 0 Å². The van der Waals surface area contributed by atoms with Gasteiger partial charge in [0.25, 0.3) is 0 Å². The van der Waals surface area contributed by atoms with Crippen LogP contribution in [0.4, 0.5) is 0 Å². The van der Waals surface area contributed by atoms with Crippen molar-refractivity contribution in [1.82, 2.24) is 25.3 Å². The van der Waals surface area contributed by atoms with Gasteiger partial charge in [0.05, 0.1) is 37.4 Å². The molecule has 2 amide bonds. The fourth-order valence-corrected chi connectivity index (χ4v) is 16.1. The maximum atomic E-state index is 12.4. The summed E-state index contributed by atoms with van der Waals surface area (Å²) in [6.45, 7) is 41.9. The molecule has 4 fully saturated rings. The minimum Gasteiger partial charge on any atom is -0.365 e. The van der Waals surface area contributed by atoms with Gasteiger partial charge in [-0.25, -0.2) is 0 Å². The minimum atomic E-state index is -0.136. The third-order valence-electron chi connectivity index (χ3n) is 22.7. The maximum absolute atomic E-state index is 12.4. The predicted molar refractivity (Wildman–Crippen MR) is 463 cm³/mol. The molecule has 0 radical (unpaired) electrons. The first-order valence-electron chi connectivity index (χ1n) is 45.5. The van der Waals surface area contributed by atoms with Crippen molar-refractivity contribution in [3.63, 3.8) is 0 Å². The number of amides is 2. The van der Waals surface area contributed by atoms with Crippen LogP contribution < -0.4 is 10.6 Å². The highest BCUT2D eigenvalue weighted by Crippen LogP contribution is 2.39. The molecule has 0 bridgehead atoms. The van der Waals surface area contributed by atoms with Gasteiger partial charge in [-0.15, -0.1) is 0 Å². The van der Waals surface area contributed by atoms with Crippen LogP contribution in [-0.4, -0.2) is 118 Å². The number of allylic oxidation sites excluding steroid dienone is 3. The van der Waals surface area contributed by atoms with Crippen LogP contribution >= 0.6 is 0 Å². The van der Waals surface area contributed by atoms with E-state index in [9.17, 15) is 43.2 Å². The molecule has 0 spiro atoms. The lowest BCUT2D eigenvalue weighted by Crippen LogP contribution is -2.40. The fraction of sp³-hybridized carbons (Fsp3) is 0.842. The molecule has 3 saturated heterocycles. The van der Waals surface area contributed by atoms with Gasteiger partial charge in [0, 0.05) is 88.3 Å². The summed E-state index contributed by atoms with van der Waals surface area (Å²) >= 11 is 0. The lowest BCUT2D eigenvalue weighted by molar-refractivity contribution is -0.131. The van der Waals surface area contributed by atoms with Gasteiger partial charge in [-0.2, -0.15) is 0 Å². The molecule has 3 heterocycles. The smallest absolute Gasteiger partial charge is 0.220 e. The van der Waals surface area contributed by atoms with Crippen molar-refractivity contribution < 1.29 is 43.2 Å². The number of carbonyl (C=O) groups is 9. The SMILES string of the molecule is C.C=C1CCCN1[C@@H](CC)C(=O)CC(=O)CCCCCCC.C=C1CCCN1[C@@H](CC)C(=O)CC(=O)CCCCCCCC.C=C1CCCN1[C@@H](CC)C(=O)CC(=O)CCCCCCCCC.CCCCCCCCC(=O)NCC1(CC(C)=O)CCCCC1.CCCCCCCCCC(=O)NC[C@H](CC)CC(C)C. The van der Waals surface area contributed by atoms with E-state index in [1.54, 1.807) is 6.92 Å². The lowest BCUT2D eigenvalue weighted by Gasteiger charge is -2.36. The Morgan fingerprint density at radius 1 is 0.376 bits per heavy atom. The zero-order valence-corrected chi connectivity index (χ0v) is 72.7. The van der Waals surface area contributed by atoms with Crippen molar-refractivity contribution in [2.24, 2.45) is 17.3 Å². The topological polar surface area (TPSA) is 187 Å². The Morgan fingerprint density at radius 2 is 0.661 bits per heavy atom. The van der Waals surface area contributed by atoms with Crippen LogP contribution in [0.3, 0.4) is 0 Å². The summed E-state index contributed by atoms with van der Waals surface area (Å²) < 4.78 is 0. The number of Topliss-reactive ketones (excluding diaryl/α,β-unsaturated/α-hetero) is 7. The summed E-state index contributed by atoms with van der Waals surface area (Å²) in [4.78, 5) is 115. The number of likely N-dealkylation sites (tertiary alicyclic amines) is 3. The van der Waals surface area contributed by atoms with E-state index >= 15 is 0 Å². The van der Waals surface area contributed by atoms with Crippen molar-refractivity contribution in [2.45, 2.75) is 468 Å². The summed E-state index contributed by atoms with van der Waals surface area (Å²) in [5.41, 5.74) is 3.22. The zero-order chi connectivity index (χ0) is 80.6. The van der Waals surface area contributed by atoms with Crippen LogP contribution in [-0.2, 0) is 43.2 Å². The van der Waals surface area contributed by atoms with Crippen LogP contribution in [0.5, 0.6) is 0 Å². The molecule has 1 aliphatic carbocycles. The van der Waals surface area contributed by atoms with E-state index in [4.69, 9.17) is 0 Å². The summed E-state index contributed by atoms with van der Waals surface area (Å²) in [5, 5.41) is 6.22. The quantitative estimate of drug-likeness (QED) is 0.0434. The van der Waals surface area contributed by atoms with E-state index in [1.807, 2.05) is 20.8 Å². The Bertz CT molecular complexity index is 2450. The average molecular weight is 1530 g/mol. The van der Waals surface area contributed by atoms with Crippen molar-refractivity contribution in [3.05, 3.63) is 36.8 Å². The number of hydrogen-bond donors (Lipinski definition) is 2. The second-order valence-electron chi connectivity index (χ2n) is 33.3. The lowest BCUT2D eigenvalue weighted by atomic mass is 9.71. The molecule has 3 aliphatic heterocycles. The average Bonchev–Trinajstić information content (AvgIpc) is 1.64.